The van der Waals surface area contributed by atoms with E-state index in [0.717, 1.165) is 27.6 Å². The topological polar surface area (TPSA) is 91.4 Å². The van der Waals surface area contributed by atoms with E-state index in [9.17, 15) is 14.0 Å². The molecule has 0 saturated carbocycles. The van der Waals surface area contributed by atoms with Crippen molar-refractivity contribution < 1.29 is 23.8 Å². The number of carbonyl (C=O) groups excluding carboxylic acids is 1. The van der Waals surface area contributed by atoms with E-state index in [1.54, 1.807) is 30.3 Å². The smallest absolute Gasteiger partial charge is 0.303 e. The van der Waals surface area contributed by atoms with Gasteiger partial charge in [0.15, 0.2) is 0 Å². The zero-order chi connectivity index (χ0) is 25.1. The maximum Gasteiger partial charge on any atom is 0.303 e. The largest absolute Gasteiger partial charge is 0.481 e. The molecule has 0 aliphatic carbocycles. The number of aryl methyl sites for hydroxylation is 3. The first-order valence-electron chi connectivity index (χ1n) is 11.0. The minimum atomic E-state index is -0.854. The van der Waals surface area contributed by atoms with Crippen LogP contribution in [0.2, 0.25) is 5.02 Å². The van der Waals surface area contributed by atoms with Crippen molar-refractivity contribution in [1.29, 1.82) is 0 Å². The molecule has 180 valence electrons. The Hall–Kier alpha value is -3.84. The number of aromatic amines is 1. The Morgan fingerprint density at radius 3 is 2.60 bits per heavy atom. The molecule has 35 heavy (non-hydrogen) atoms. The summed E-state index contributed by atoms with van der Waals surface area (Å²) in [5.41, 5.74) is 4.36. The summed E-state index contributed by atoms with van der Waals surface area (Å²) in [6, 6.07) is 15.0. The van der Waals surface area contributed by atoms with Gasteiger partial charge in [-0.1, -0.05) is 17.7 Å². The number of fused-ring (bicyclic) bond motifs is 1. The van der Waals surface area contributed by atoms with Crippen LogP contribution in [0.1, 0.15) is 39.2 Å². The molecule has 3 aromatic carbocycles. The van der Waals surface area contributed by atoms with Crippen molar-refractivity contribution in [3.8, 4) is 11.5 Å². The van der Waals surface area contributed by atoms with Crippen molar-refractivity contribution in [2.45, 2.75) is 33.2 Å². The predicted octanol–water partition coefficient (Wildman–Crippen LogP) is 6.32. The molecule has 1 heterocycles. The Kier molecular flexibility index (Phi) is 7.07. The minimum Gasteiger partial charge on any atom is -0.481 e. The number of aromatic nitrogens is 1. The van der Waals surface area contributed by atoms with Gasteiger partial charge in [0.05, 0.1) is 0 Å². The van der Waals surface area contributed by atoms with Crippen molar-refractivity contribution in [1.82, 2.24) is 10.3 Å². The van der Waals surface area contributed by atoms with Crippen LogP contribution in [-0.2, 0) is 17.8 Å². The Morgan fingerprint density at radius 1 is 1.06 bits per heavy atom. The lowest BCUT2D eigenvalue weighted by molar-refractivity contribution is -0.136. The highest BCUT2D eigenvalue weighted by Crippen LogP contribution is 2.27. The number of H-pyrrole nitrogens is 1. The number of nitrogens with one attached hydrogen (secondary N) is 2. The molecule has 6 nitrogen and oxygen atoms in total. The maximum absolute atomic E-state index is 14.3. The van der Waals surface area contributed by atoms with Gasteiger partial charge >= 0.3 is 5.97 Å². The fourth-order valence-corrected chi connectivity index (χ4v) is 4.14. The van der Waals surface area contributed by atoms with Gasteiger partial charge in [-0.15, -0.1) is 0 Å². The molecule has 0 aliphatic rings. The van der Waals surface area contributed by atoms with E-state index in [1.807, 2.05) is 26.0 Å². The van der Waals surface area contributed by atoms with Crippen LogP contribution >= 0.6 is 11.6 Å². The van der Waals surface area contributed by atoms with E-state index in [1.165, 1.54) is 12.1 Å². The van der Waals surface area contributed by atoms with Crippen molar-refractivity contribution in [2.75, 3.05) is 0 Å². The minimum absolute atomic E-state index is 0.0474. The molecule has 0 radical (unpaired) electrons. The number of ether oxygens (including phenoxy) is 1. The van der Waals surface area contributed by atoms with Gasteiger partial charge in [-0.2, -0.15) is 0 Å². The fraction of sp³-hybridized carbons (Fsp3) is 0.185. The van der Waals surface area contributed by atoms with Crippen LogP contribution in [0.5, 0.6) is 11.5 Å². The standard InChI is InChI=1S/C27H24ClFN2O4/c1-15-9-21(6-3-18(15)4-8-25(32)33)35-22-11-17(10-20(29)13-22)14-30-27(34)26-16(2)23-12-19(28)5-7-24(23)31-26/h3,5-7,9-13,31H,4,8,14H2,1-2H3,(H,30,34)(H,32,33). The van der Waals surface area contributed by atoms with Gasteiger partial charge in [0, 0.05) is 35.0 Å². The monoisotopic (exact) mass is 494 g/mol. The van der Waals surface area contributed by atoms with Gasteiger partial charge in [0.25, 0.3) is 5.91 Å². The summed E-state index contributed by atoms with van der Waals surface area (Å²) in [7, 11) is 0. The number of amides is 1. The van der Waals surface area contributed by atoms with Crippen LogP contribution in [0.15, 0.2) is 54.6 Å². The van der Waals surface area contributed by atoms with Crippen LogP contribution in [-0.4, -0.2) is 22.0 Å². The fourth-order valence-electron chi connectivity index (χ4n) is 3.97. The second-order valence-electron chi connectivity index (χ2n) is 8.38. The van der Waals surface area contributed by atoms with Gasteiger partial charge < -0.3 is 20.1 Å². The molecule has 0 saturated heterocycles. The Morgan fingerprint density at radius 2 is 1.86 bits per heavy atom. The summed E-state index contributed by atoms with van der Waals surface area (Å²) >= 11 is 6.07. The summed E-state index contributed by atoms with van der Waals surface area (Å²) in [4.78, 5) is 26.7. The average Bonchev–Trinajstić information content (AvgIpc) is 3.12. The number of aliphatic carboxylic acids is 1. The summed E-state index contributed by atoms with van der Waals surface area (Å²) in [6.07, 6.45) is 0.472. The SMILES string of the molecule is Cc1cc(Oc2cc(F)cc(CNC(=O)c3[nH]c4ccc(Cl)cc4c3C)c2)ccc1CCC(=O)O. The average molecular weight is 495 g/mol. The second-order valence-corrected chi connectivity index (χ2v) is 8.81. The van der Waals surface area contributed by atoms with Gasteiger partial charge in [-0.25, -0.2) is 4.39 Å². The van der Waals surface area contributed by atoms with E-state index < -0.39 is 11.8 Å². The molecule has 4 aromatic rings. The van der Waals surface area contributed by atoms with Crippen LogP contribution in [0.25, 0.3) is 10.9 Å². The number of hydrogen-bond acceptors (Lipinski definition) is 3. The molecule has 1 aromatic heterocycles. The molecule has 0 aliphatic heterocycles. The van der Waals surface area contributed by atoms with Crippen molar-refractivity contribution in [3.63, 3.8) is 0 Å². The first-order chi connectivity index (χ1) is 16.7. The third-order valence-electron chi connectivity index (χ3n) is 5.79. The van der Waals surface area contributed by atoms with Gasteiger partial charge in [0.1, 0.15) is 23.0 Å². The van der Waals surface area contributed by atoms with Crippen molar-refractivity contribution >= 4 is 34.4 Å². The Labute approximate surface area is 206 Å². The first-order valence-corrected chi connectivity index (χ1v) is 11.4. The normalized spacial score (nSPS) is 11.0. The Balaban J connectivity index is 1.45. The highest BCUT2D eigenvalue weighted by molar-refractivity contribution is 6.31. The lowest BCUT2D eigenvalue weighted by atomic mass is 10.0. The number of hydrogen-bond donors (Lipinski definition) is 3. The lowest BCUT2D eigenvalue weighted by Crippen LogP contribution is -2.23. The molecular weight excluding hydrogens is 471 g/mol. The summed E-state index contributed by atoms with van der Waals surface area (Å²) in [5.74, 6) is -0.849. The zero-order valence-corrected chi connectivity index (χ0v) is 20.0. The predicted molar refractivity (Wildman–Crippen MR) is 133 cm³/mol. The highest BCUT2D eigenvalue weighted by Gasteiger charge is 2.15. The van der Waals surface area contributed by atoms with Crippen molar-refractivity contribution in [2.24, 2.45) is 0 Å². The summed E-state index contributed by atoms with van der Waals surface area (Å²) in [5, 5.41) is 13.1. The molecule has 0 unspecified atom stereocenters. The number of carboxylic acids is 1. The zero-order valence-electron chi connectivity index (χ0n) is 19.2. The van der Waals surface area contributed by atoms with E-state index in [0.29, 0.717) is 34.2 Å². The molecule has 0 bridgehead atoms. The van der Waals surface area contributed by atoms with E-state index in [-0.39, 0.29) is 18.9 Å². The van der Waals surface area contributed by atoms with Crippen LogP contribution in [0.3, 0.4) is 0 Å². The first kappa shape index (κ1) is 24.3. The van der Waals surface area contributed by atoms with Gasteiger partial charge in [0.2, 0.25) is 0 Å². The highest BCUT2D eigenvalue weighted by atomic mass is 35.5. The van der Waals surface area contributed by atoms with Crippen molar-refractivity contribution in [3.05, 3.63) is 93.4 Å². The molecule has 0 atom stereocenters. The molecule has 0 fully saturated rings. The third kappa shape index (κ3) is 5.81. The number of carboxylic acid groups (broad SMARTS) is 1. The van der Waals surface area contributed by atoms with Crippen LogP contribution < -0.4 is 10.1 Å². The molecular formula is C27H24ClFN2O4. The molecule has 0 spiro atoms. The summed E-state index contributed by atoms with van der Waals surface area (Å²) in [6.45, 7) is 3.82. The number of carbonyl (C=O) groups is 2. The van der Waals surface area contributed by atoms with Gasteiger partial charge in [-0.05, 0) is 85.0 Å². The quantitative estimate of drug-likeness (QED) is 0.267. The molecule has 4 rings (SSSR count). The van der Waals surface area contributed by atoms with Crippen LogP contribution in [0, 0.1) is 19.7 Å². The summed E-state index contributed by atoms with van der Waals surface area (Å²) < 4.78 is 20.1. The van der Waals surface area contributed by atoms with E-state index in [2.05, 4.69) is 10.3 Å². The van der Waals surface area contributed by atoms with Gasteiger partial charge in [-0.3, -0.25) is 9.59 Å². The van der Waals surface area contributed by atoms with Crippen LogP contribution in [0.4, 0.5) is 4.39 Å². The molecule has 1 amide bonds. The maximum atomic E-state index is 14.3. The molecule has 3 N–H and O–H groups in total. The second kappa shape index (κ2) is 10.2. The number of rotatable bonds is 8. The Bertz CT molecular complexity index is 1430. The molecule has 8 heteroatoms. The lowest BCUT2D eigenvalue weighted by Gasteiger charge is -2.11. The third-order valence-corrected chi connectivity index (χ3v) is 6.02. The number of benzene rings is 3. The number of halogens is 2. The van der Waals surface area contributed by atoms with E-state index in [4.69, 9.17) is 21.4 Å². The van der Waals surface area contributed by atoms with E-state index >= 15 is 0 Å².